The molecule has 2 atom stereocenters. The molecule has 0 saturated carbocycles. The summed E-state index contributed by atoms with van der Waals surface area (Å²) in [5.41, 5.74) is 0. The summed E-state index contributed by atoms with van der Waals surface area (Å²) in [5.74, 6) is -0.0787. The van der Waals surface area contributed by atoms with Gasteiger partial charge < -0.3 is 5.32 Å². The quantitative estimate of drug-likeness (QED) is 0.701. The van der Waals surface area contributed by atoms with Gasteiger partial charge in [0.25, 0.3) is 0 Å². The van der Waals surface area contributed by atoms with Crippen molar-refractivity contribution in [2.24, 2.45) is 0 Å². The van der Waals surface area contributed by atoms with E-state index >= 15 is 0 Å². The summed E-state index contributed by atoms with van der Waals surface area (Å²) in [5, 5.41) is 2.93. The van der Waals surface area contributed by atoms with Gasteiger partial charge in [0.1, 0.15) is 5.38 Å². The Hall–Kier alpha value is 0.110. The molecule has 0 aromatic rings. The van der Waals surface area contributed by atoms with Crippen LogP contribution in [0.2, 0.25) is 0 Å². The molecule has 0 aliphatic heterocycles. The number of hydrogen-bond acceptors (Lipinski definition) is 2. The van der Waals surface area contributed by atoms with Crippen molar-refractivity contribution in [3.8, 4) is 0 Å². The highest BCUT2D eigenvalue weighted by molar-refractivity contribution is 7.99. The molecule has 2 nitrogen and oxygen atoms in total. The van der Waals surface area contributed by atoms with Crippen molar-refractivity contribution in [2.75, 3.05) is 12.8 Å². The average molecular weight is 210 g/mol. The lowest BCUT2D eigenvalue weighted by atomic mass is 10.3. The van der Waals surface area contributed by atoms with Crippen LogP contribution in [0.3, 0.4) is 0 Å². The van der Waals surface area contributed by atoms with Gasteiger partial charge in [0.15, 0.2) is 0 Å². The Kier molecular flexibility index (Phi) is 6.67. The van der Waals surface area contributed by atoms with Crippen LogP contribution in [0.1, 0.15) is 20.3 Å². The molecule has 0 aromatic heterocycles. The second-order valence-corrected chi connectivity index (χ2v) is 4.67. The molecule has 0 rings (SSSR count). The number of nitrogens with one attached hydrogen (secondary N) is 1. The van der Waals surface area contributed by atoms with Gasteiger partial charge in [-0.1, -0.05) is 6.92 Å². The third-order valence-electron chi connectivity index (χ3n) is 1.61. The van der Waals surface area contributed by atoms with Crippen LogP contribution in [0, 0.1) is 0 Å². The molecule has 0 heterocycles. The number of thioether (sulfide) groups is 1. The molecule has 72 valence electrons. The maximum absolute atomic E-state index is 11.0. The lowest BCUT2D eigenvalue weighted by Crippen LogP contribution is -2.31. The van der Waals surface area contributed by atoms with Crippen LogP contribution in [0.4, 0.5) is 0 Å². The zero-order chi connectivity index (χ0) is 9.56. The Labute approximate surface area is 83.4 Å². The zero-order valence-corrected chi connectivity index (χ0v) is 9.34. The van der Waals surface area contributed by atoms with Crippen molar-refractivity contribution >= 4 is 29.3 Å². The standard InChI is InChI=1S/C8H16ClNOS/c1-6(12-3)4-5-10-8(11)7(2)9/h6-7H,4-5H2,1-3H3,(H,10,11). The summed E-state index contributed by atoms with van der Waals surface area (Å²) >= 11 is 7.36. The number of halogens is 1. The van der Waals surface area contributed by atoms with Gasteiger partial charge in [-0.15, -0.1) is 11.6 Å². The number of rotatable bonds is 5. The normalized spacial score (nSPS) is 15.3. The minimum absolute atomic E-state index is 0.0787. The van der Waals surface area contributed by atoms with Crippen LogP contribution < -0.4 is 5.32 Å². The van der Waals surface area contributed by atoms with Gasteiger partial charge in [0.05, 0.1) is 0 Å². The molecule has 12 heavy (non-hydrogen) atoms. The number of carbonyl (C=O) groups excluding carboxylic acids is 1. The molecule has 0 spiro atoms. The SMILES string of the molecule is CSC(C)CCNC(=O)C(C)Cl. The first-order valence-corrected chi connectivity index (χ1v) is 5.75. The van der Waals surface area contributed by atoms with Gasteiger partial charge in [-0.05, 0) is 19.6 Å². The van der Waals surface area contributed by atoms with Gasteiger partial charge in [-0.2, -0.15) is 11.8 Å². The summed E-state index contributed by atoms with van der Waals surface area (Å²) in [6.45, 7) is 4.54. The van der Waals surface area contributed by atoms with Crippen LogP contribution in [0.5, 0.6) is 0 Å². The average Bonchev–Trinajstić information content (AvgIpc) is 2.03. The molecular weight excluding hydrogens is 194 g/mol. The van der Waals surface area contributed by atoms with Gasteiger partial charge in [0.2, 0.25) is 5.91 Å². The smallest absolute Gasteiger partial charge is 0.237 e. The van der Waals surface area contributed by atoms with Crippen molar-refractivity contribution < 1.29 is 4.79 Å². The summed E-state index contributed by atoms with van der Waals surface area (Å²) in [6.07, 6.45) is 3.06. The third kappa shape index (κ3) is 5.72. The predicted molar refractivity (Wildman–Crippen MR) is 55.9 cm³/mol. The van der Waals surface area contributed by atoms with Gasteiger partial charge in [-0.25, -0.2) is 0 Å². The molecule has 2 unspecified atom stereocenters. The van der Waals surface area contributed by atoms with E-state index in [0.29, 0.717) is 5.25 Å². The lowest BCUT2D eigenvalue weighted by Gasteiger charge is -2.09. The summed E-state index contributed by atoms with van der Waals surface area (Å²) in [6, 6.07) is 0. The van der Waals surface area contributed by atoms with Crippen molar-refractivity contribution in [1.29, 1.82) is 0 Å². The molecule has 0 bridgehead atoms. The van der Waals surface area contributed by atoms with E-state index in [1.165, 1.54) is 0 Å². The Morgan fingerprint density at radius 3 is 2.58 bits per heavy atom. The van der Waals surface area contributed by atoms with Crippen LogP contribution in [-0.2, 0) is 4.79 Å². The molecule has 0 radical (unpaired) electrons. The number of alkyl halides is 1. The molecule has 0 fully saturated rings. The first-order valence-electron chi connectivity index (χ1n) is 4.02. The van der Waals surface area contributed by atoms with Crippen molar-refractivity contribution in [3.63, 3.8) is 0 Å². The van der Waals surface area contributed by atoms with Gasteiger partial charge in [0, 0.05) is 11.8 Å². The topological polar surface area (TPSA) is 29.1 Å². The highest BCUT2D eigenvalue weighted by Crippen LogP contribution is 2.07. The minimum atomic E-state index is -0.422. The third-order valence-corrected chi connectivity index (χ3v) is 2.85. The van der Waals surface area contributed by atoms with Crippen molar-refractivity contribution in [1.82, 2.24) is 5.32 Å². The second-order valence-electron chi connectivity index (χ2n) is 2.74. The van der Waals surface area contributed by atoms with Crippen LogP contribution in [0.25, 0.3) is 0 Å². The first kappa shape index (κ1) is 12.1. The maximum Gasteiger partial charge on any atom is 0.237 e. The Morgan fingerprint density at radius 2 is 2.17 bits per heavy atom. The molecular formula is C8H16ClNOS. The number of amides is 1. The summed E-state index contributed by atoms with van der Waals surface area (Å²) in [4.78, 5) is 11.0. The second kappa shape index (κ2) is 6.61. The largest absolute Gasteiger partial charge is 0.355 e. The molecule has 1 N–H and O–H groups in total. The van der Waals surface area contributed by atoms with E-state index in [0.717, 1.165) is 13.0 Å². The monoisotopic (exact) mass is 209 g/mol. The first-order chi connectivity index (χ1) is 5.57. The summed E-state index contributed by atoms with van der Waals surface area (Å²) in [7, 11) is 0. The zero-order valence-electron chi connectivity index (χ0n) is 7.76. The predicted octanol–water partition coefficient (Wildman–Crippen LogP) is 1.87. The number of carbonyl (C=O) groups is 1. The van der Waals surface area contributed by atoms with E-state index in [-0.39, 0.29) is 5.91 Å². The number of hydrogen-bond donors (Lipinski definition) is 1. The molecule has 0 aliphatic rings. The Balaban J connectivity index is 3.37. The maximum atomic E-state index is 11.0. The Morgan fingerprint density at radius 1 is 1.58 bits per heavy atom. The minimum Gasteiger partial charge on any atom is -0.355 e. The lowest BCUT2D eigenvalue weighted by molar-refractivity contribution is -0.120. The molecule has 0 aromatic carbocycles. The van der Waals surface area contributed by atoms with Crippen molar-refractivity contribution in [3.05, 3.63) is 0 Å². The molecule has 0 aliphatic carbocycles. The van der Waals surface area contributed by atoms with E-state index in [1.807, 2.05) is 0 Å². The van der Waals surface area contributed by atoms with E-state index < -0.39 is 5.38 Å². The fourth-order valence-corrected chi connectivity index (χ4v) is 1.09. The Bertz CT molecular complexity index is 141. The van der Waals surface area contributed by atoms with E-state index in [9.17, 15) is 4.79 Å². The highest BCUT2D eigenvalue weighted by Gasteiger charge is 2.07. The molecule has 4 heteroatoms. The van der Waals surface area contributed by atoms with Gasteiger partial charge >= 0.3 is 0 Å². The van der Waals surface area contributed by atoms with Crippen molar-refractivity contribution in [2.45, 2.75) is 30.9 Å². The van der Waals surface area contributed by atoms with Crippen LogP contribution in [-0.4, -0.2) is 29.3 Å². The molecule has 1 amide bonds. The summed E-state index contributed by atoms with van der Waals surface area (Å²) < 4.78 is 0. The fourth-order valence-electron chi connectivity index (χ4n) is 0.657. The van der Waals surface area contributed by atoms with Gasteiger partial charge in [-0.3, -0.25) is 4.79 Å². The van der Waals surface area contributed by atoms with E-state index in [4.69, 9.17) is 11.6 Å². The fraction of sp³-hybridized carbons (Fsp3) is 0.875. The highest BCUT2D eigenvalue weighted by atomic mass is 35.5. The van der Waals surface area contributed by atoms with Crippen LogP contribution >= 0.6 is 23.4 Å². The molecule has 0 saturated heterocycles. The van der Waals surface area contributed by atoms with E-state index in [1.54, 1.807) is 18.7 Å². The van der Waals surface area contributed by atoms with E-state index in [2.05, 4.69) is 18.5 Å². The van der Waals surface area contributed by atoms with Crippen LogP contribution in [0.15, 0.2) is 0 Å².